The first-order chi connectivity index (χ1) is 29.0. The molecule has 11 aromatic rings. The van der Waals surface area contributed by atoms with Gasteiger partial charge in [-0.2, -0.15) is 0 Å². The van der Waals surface area contributed by atoms with Crippen molar-refractivity contribution in [2.45, 2.75) is 20.8 Å². The fourth-order valence-corrected chi connectivity index (χ4v) is 10.1. The number of aryl methyl sites for hydroxylation is 3. The number of hydrogen-bond acceptors (Lipinski definition) is 1. The largest absolute Gasteiger partial charge is 0.309 e. The van der Waals surface area contributed by atoms with Crippen molar-refractivity contribution >= 4 is 94.0 Å². The Morgan fingerprint density at radius 1 is 0.390 bits per heavy atom. The van der Waals surface area contributed by atoms with Crippen LogP contribution in [0.15, 0.2) is 200 Å². The van der Waals surface area contributed by atoms with Crippen molar-refractivity contribution in [1.29, 1.82) is 0 Å². The van der Waals surface area contributed by atoms with Gasteiger partial charge in [0.25, 0.3) is 0 Å². The van der Waals surface area contributed by atoms with Crippen molar-refractivity contribution < 1.29 is 0 Å². The van der Waals surface area contributed by atoms with E-state index in [0.29, 0.717) is 0 Å². The zero-order valence-corrected chi connectivity index (χ0v) is 33.6. The molecule has 0 aliphatic rings. The zero-order valence-electron chi connectivity index (χ0n) is 33.6. The van der Waals surface area contributed by atoms with Crippen molar-refractivity contribution in [3.8, 4) is 11.1 Å². The smallest absolute Gasteiger partial charge is 0.242 e. The highest BCUT2D eigenvalue weighted by Gasteiger charge is 2.28. The molecule has 0 amide bonds. The van der Waals surface area contributed by atoms with E-state index in [4.69, 9.17) is 0 Å². The lowest BCUT2D eigenvalue weighted by molar-refractivity contribution is 1.30. The molecule has 0 heterocycles. The molecule has 0 unspecified atom stereocenters. The van der Waals surface area contributed by atoms with Gasteiger partial charge in [-0.3, -0.25) is 0 Å². The van der Waals surface area contributed by atoms with Crippen LogP contribution in [0.5, 0.6) is 0 Å². The minimum atomic E-state index is 0.0868. The van der Waals surface area contributed by atoms with Crippen LogP contribution in [0.3, 0.4) is 0 Å². The van der Waals surface area contributed by atoms with Crippen molar-refractivity contribution in [3.05, 3.63) is 217 Å². The van der Waals surface area contributed by atoms with Crippen LogP contribution < -0.4 is 21.3 Å². The van der Waals surface area contributed by atoms with Gasteiger partial charge in [-0.25, -0.2) is 0 Å². The number of hydrogen-bond donors (Lipinski definition) is 0. The number of rotatable bonds is 7. The summed E-state index contributed by atoms with van der Waals surface area (Å²) in [6, 6.07) is 74.5. The summed E-state index contributed by atoms with van der Waals surface area (Å²) < 4.78 is 0. The first kappa shape index (κ1) is 35.0. The molecule has 1 nitrogen and oxygen atoms in total. The van der Waals surface area contributed by atoms with E-state index in [1.54, 1.807) is 0 Å². The summed E-state index contributed by atoms with van der Waals surface area (Å²) >= 11 is 0. The van der Waals surface area contributed by atoms with Gasteiger partial charge in [0.2, 0.25) is 6.71 Å². The van der Waals surface area contributed by atoms with Gasteiger partial charge in [0.1, 0.15) is 0 Å². The highest BCUT2D eigenvalue weighted by Crippen LogP contribution is 2.47. The third-order valence-electron chi connectivity index (χ3n) is 12.6. The molecule has 0 bridgehead atoms. The molecule has 0 atom stereocenters. The first-order valence-corrected chi connectivity index (χ1v) is 20.7. The first-order valence-electron chi connectivity index (χ1n) is 20.7. The maximum absolute atomic E-state index is 2.50. The Balaban J connectivity index is 1.19. The second kappa shape index (κ2) is 14.0. The van der Waals surface area contributed by atoms with Crippen LogP contribution in [0.2, 0.25) is 0 Å². The van der Waals surface area contributed by atoms with E-state index >= 15 is 0 Å². The number of benzene rings is 11. The lowest BCUT2D eigenvalue weighted by Gasteiger charge is -2.30. The van der Waals surface area contributed by atoms with Crippen molar-refractivity contribution in [2.24, 2.45) is 0 Å². The summed E-state index contributed by atoms with van der Waals surface area (Å²) in [5.41, 5.74) is 13.8. The van der Waals surface area contributed by atoms with E-state index in [9.17, 15) is 0 Å². The minimum Gasteiger partial charge on any atom is -0.309 e. The predicted molar refractivity (Wildman–Crippen MR) is 257 cm³/mol. The predicted octanol–water partition coefficient (Wildman–Crippen LogP) is 13.5. The fourth-order valence-electron chi connectivity index (χ4n) is 10.1. The number of anilines is 3. The standard InChI is InChI=1S/C57H42BN/c1-37-34-38(2)57(39(3)35-37)58(45-17-8-5-9-18-45)52-32-26-42-25-30-51-54(33-27-43-24-29-50(52)55(42)56(43)51)59(53-21-13-12-20-49(53)40-14-6-4-7-15-40)46-28-31-48-44(36-46)23-22-41-16-10-11-19-47(41)48/h4-36H,1-3H3. The SMILES string of the molecule is Cc1cc(C)c(B(c2ccccc2)c2ccc3ccc4c(N(c5ccc6c(ccc7ccccc76)c5)c5ccccc5-c5ccccc5)ccc5ccc2c3c54)c(C)c1. The molecule has 0 fully saturated rings. The van der Waals surface area contributed by atoms with E-state index in [2.05, 4.69) is 226 Å². The Morgan fingerprint density at radius 2 is 0.966 bits per heavy atom. The van der Waals surface area contributed by atoms with Crippen LogP contribution in [0.25, 0.3) is 65.0 Å². The topological polar surface area (TPSA) is 3.24 Å². The Morgan fingerprint density at radius 3 is 1.76 bits per heavy atom. The van der Waals surface area contributed by atoms with Crippen molar-refractivity contribution in [3.63, 3.8) is 0 Å². The molecule has 278 valence electrons. The third kappa shape index (κ3) is 5.78. The van der Waals surface area contributed by atoms with E-state index in [-0.39, 0.29) is 6.71 Å². The normalized spacial score (nSPS) is 11.6. The van der Waals surface area contributed by atoms with Crippen LogP contribution in [-0.2, 0) is 0 Å². The molecule has 0 aliphatic carbocycles. The monoisotopic (exact) mass is 751 g/mol. The van der Waals surface area contributed by atoms with Crippen LogP contribution in [-0.4, -0.2) is 6.71 Å². The van der Waals surface area contributed by atoms with Gasteiger partial charge in [0.05, 0.1) is 11.4 Å². The molecule has 0 radical (unpaired) electrons. The summed E-state index contributed by atoms with van der Waals surface area (Å²) in [6.45, 7) is 6.86. The van der Waals surface area contributed by atoms with E-state index < -0.39 is 0 Å². The number of nitrogens with zero attached hydrogens (tertiary/aromatic N) is 1. The molecule has 0 saturated carbocycles. The van der Waals surface area contributed by atoms with Crippen molar-refractivity contribution in [2.75, 3.05) is 4.90 Å². The van der Waals surface area contributed by atoms with E-state index in [0.717, 1.165) is 17.1 Å². The average Bonchev–Trinajstić information content (AvgIpc) is 3.28. The molecule has 0 aliphatic heterocycles. The molecule has 2 heteroatoms. The molecule has 11 rings (SSSR count). The summed E-state index contributed by atoms with van der Waals surface area (Å²) in [5.74, 6) is 0. The van der Waals surface area contributed by atoms with Gasteiger partial charge in [0, 0.05) is 16.6 Å². The Labute approximate surface area is 346 Å². The summed E-state index contributed by atoms with van der Waals surface area (Å²) in [4.78, 5) is 2.50. The molecule has 11 aromatic carbocycles. The average molecular weight is 752 g/mol. The zero-order chi connectivity index (χ0) is 39.6. The highest BCUT2D eigenvalue weighted by atomic mass is 15.1. The maximum atomic E-state index is 2.50. The summed E-state index contributed by atoms with van der Waals surface area (Å²) in [7, 11) is 0. The third-order valence-corrected chi connectivity index (χ3v) is 12.6. The molecule has 0 spiro atoms. The lowest BCUT2D eigenvalue weighted by Crippen LogP contribution is -2.54. The van der Waals surface area contributed by atoms with Gasteiger partial charge in [-0.15, -0.1) is 0 Å². The fraction of sp³-hybridized carbons (Fsp3) is 0.0526. The molecular formula is C57H42BN. The number of fused-ring (bicyclic) bond motifs is 3. The molecule has 0 saturated heterocycles. The molecular weight excluding hydrogens is 709 g/mol. The second-order valence-electron chi connectivity index (χ2n) is 16.2. The Bertz CT molecular complexity index is 3340. The molecule has 59 heavy (non-hydrogen) atoms. The second-order valence-corrected chi connectivity index (χ2v) is 16.2. The van der Waals surface area contributed by atoms with E-state index in [1.807, 2.05) is 0 Å². The van der Waals surface area contributed by atoms with Crippen LogP contribution in [0.1, 0.15) is 16.7 Å². The summed E-state index contributed by atoms with van der Waals surface area (Å²) in [5, 5.41) is 12.7. The highest BCUT2D eigenvalue weighted by molar-refractivity contribution is 6.97. The van der Waals surface area contributed by atoms with Crippen LogP contribution in [0, 0.1) is 20.8 Å². The van der Waals surface area contributed by atoms with Gasteiger partial charge >= 0.3 is 0 Å². The Kier molecular flexibility index (Phi) is 8.34. The minimum absolute atomic E-state index is 0.0868. The lowest BCUT2D eigenvalue weighted by atomic mass is 9.35. The summed E-state index contributed by atoms with van der Waals surface area (Å²) in [6.07, 6.45) is 0. The Hall–Kier alpha value is -7.16. The van der Waals surface area contributed by atoms with E-state index in [1.165, 1.54) is 98.1 Å². The van der Waals surface area contributed by atoms with Gasteiger partial charge in [-0.05, 0) is 99.1 Å². The number of para-hydroxylation sites is 1. The van der Waals surface area contributed by atoms with Crippen LogP contribution in [0.4, 0.5) is 17.1 Å². The quantitative estimate of drug-likeness (QED) is 0.116. The van der Waals surface area contributed by atoms with Crippen LogP contribution >= 0.6 is 0 Å². The van der Waals surface area contributed by atoms with Gasteiger partial charge in [0.15, 0.2) is 0 Å². The van der Waals surface area contributed by atoms with Crippen molar-refractivity contribution in [1.82, 2.24) is 0 Å². The molecule has 0 N–H and O–H groups in total. The van der Waals surface area contributed by atoms with Gasteiger partial charge < -0.3 is 4.90 Å². The van der Waals surface area contributed by atoms with Gasteiger partial charge in [-0.1, -0.05) is 209 Å². The molecule has 0 aromatic heterocycles. The maximum Gasteiger partial charge on any atom is 0.242 e.